The van der Waals surface area contributed by atoms with Gasteiger partial charge in [-0.15, -0.1) is 0 Å². The summed E-state index contributed by atoms with van der Waals surface area (Å²) in [5, 5.41) is 3.47. The Morgan fingerprint density at radius 1 is 1.10 bits per heavy atom. The van der Waals surface area contributed by atoms with E-state index in [1.165, 1.54) is 19.3 Å². The summed E-state index contributed by atoms with van der Waals surface area (Å²) in [5.41, 5.74) is 0.139. The first-order valence-corrected chi connectivity index (χ1v) is 12.0. The lowest BCUT2D eigenvalue weighted by Crippen LogP contribution is -2.62. The molecule has 2 amide bonds. The number of carbonyl (C=O) groups excluding carboxylic acids is 2. The Balaban J connectivity index is 1.60. The van der Waals surface area contributed by atoms with Crippen molar-refractivity contribution in [2.45, 2.75) is 98.6 Å². The third-order valence-electron chi connectivity index (χ3n) is 9.86. The van der Waals surface area contributed by atoms with Crippen LogP contribution in [-0.2, 0) is 9.59 Å². The van der Waals surface area contributed by atoms with Crippen LogP contribution in [0.1, 0.15) is 86.5 Å². The van der Waals surface area contributed by atoms with E-state index in [9.17, 15) is 9.59 Å². The maximum absolute atomic E-state index is 12.8. The molecule has 29 heavy (non-hydrogen) atoms. The predicted octanol–water partition coefficient (Wildman–Crippen LogP) is 4.63. The van der Waals surface area contributed by atoms with E-state index in [-0.39, 0.29) is 22.2 Å². The summed E-state index contributed by atoms with van der Waals surface area (Å²) in [6, 6.07) is 0.721. The summed E-state index contributed by atoms with van der Waals surface area (Å²) in [7, 11) is 2.04. The number of nitrogens with one attached hydrogen (secondary N) is 1. The van der Waals surface area contributed by atoms with Gasteiger partial charge in [-0.3, -0.25) is 9.59 Å². The number of piperidine rings is 1. The van der Waals surface area contributed by atoms with Crippen LogP contribution < -0.4 is 5.32 Å². The van der Waals surface area contributed by atoms with Crippen molar-refractivity contribution >= 4 is 11.8 Å². The summed E-state index contributed by atoms with van der Waals surface area (Å²) >= 11 is 0. The molecule has 1 N–H and O–H groups in total. The molecule has 4 heteroatoms. The highest BCUT2D eigenvalue weighted by molar-refractivity contribution is 5.81. The van der Waals surface area contributed by atoms with Crippen LogP contribution in [0.2, 0.25) is 0 Å². The van der Waals surface area contributed by atoms with Gasteiger partial charge < -0.3 is 10.2 Å². The third-order valence-corrected chi connectivity index (χ3v) is 9.86. The molecule has 0 aromatic carbocycles. The van der Waals surface area contributed by atoms with Gasteiger partial charge in [0.25, 0.3) is 0 Å². The predicted molar refractivity (Wildman–Crippen MR) is 116 cm³/mol. The monoisotopic (exact) mass is 402 g/mol. The number of amides is 2. The molecule has 3 aliphatic carbocycles. The number of rotatable bonds is 1. The van der Waals surface area contributed by atoms with Gasteiger partial charge in [-0.05, 0) is 73.0 Å². The lowest BCUT2D eigenvalue weighted by Gasteiger charge is -2.62. The Labute approximate surface area is 177 Å². The van der Waals surface area contributed by atoms with Crippen LogP contribution in [0.5, 0.6) is 0 Å². The second kappa shape index (κ2) is 6.72. The summed E-state index contributed by atoms with van der Waals surface area (Å²) in [4.78, 5) is 27.2. The molecule has 0 spiro atoms. The van der Waals surface area contributed by atoms with Gasteiger partial charge in [0.15, 0.2) is 0 Å². The van der Waals surface area contributed by atoms with Gasteiger partial charge in [-0.25, -0.2) is 0 Å². The number of hydrogen-bond acceptors (Lipinski definition) is 2. The van der Waals surface area contributed by atoms with Crippen LogP contribution in [0.3, 0.4) is 0 Å². The normalized spacial score (nSPS) is 47.3. The van der Waals surface area contributed by atoms with Gasteiger partial charge in [0.2, 0.25) is 11.8 Å². The van der Waals surface area contributed by atoms with Crippen LogP contribution in [0.4, 0.5) is 0 Å². The van der Waals surface area contributed by atoms with Crippen molar-refractivity contribution in [1.82, 2.24) is 10.2 Å². The molecule has 4 aliphatic rings. The first-order chi connectivity index (χ1) is 13.4. The van der Waals surface area contributed by atoms with Crippen LogP contribution in [0, 0.1) is 39.9 Å². The van der Waals surface area contributed by atoms with E-state index in [1.807, 2.05) is 27.8 Å². The Bertz CT molecular complexity index is 697. The Morgan fingerprint density at radius 3 is 2.45 bits per heavy atom. The molecular weight excluding hydrogens is 360 g/mol. The maximum Gasteiger partial charge on any atom is 0.225 e. The average Bonchev–Trinajstić information content (AvgIpc) is 2.88. The lowest BCUT2D eigenvalue weighted by molar-refractivity contribution is -0.159. The molecule has 1 saturated heterocycles. The fourth-order valence-corrected chi connectivity index (χ4v) is 8.29. The van der Waals surface area contributed by atoms with E-state index in [0.717, 1.165) is 31.1 Å². The van der Waals surface area contributed by atoms with Crippen LogP contribution >= 0.6 is 0 Å². The van der Waals surface area contributed by atoms with Gasteiger partial charge in [-0.1, -0.05) is 41.5 Å². The quantitative estimate of drug-likeness (QED) is 0.695. The number of nitrogens with zero attached hydrogens (tertiary/aromatic N) is 1. The van der Waals surface area contributed by atoms with Gasteiger partial charge >= 0.3 is 0 Å². The number of likely N-dealkylation sites (tertiary alicyclic amines) is 1. The molecule has 3 saturated carbocycles. The van der Waals surface area contributed by atoms with E-state index in [2.05, 4.69) is 31.0 Å². The zero-order valence-electron chi connectivity index (χ0n) is 19.7. The molecular formula is C25H42N2O2. The molecule has 0 bridgehead atoms. The van der Waals surface area contributed by atoms with Crippen molar-refractivity contribution in [3.8, 4) is 0 Å². The average molecular weight is 403 g/mol. The fourth-order valence-electron chi connectivity index (χ4n) is 8.29. The van der Waals surface area contributed by atoms with Gasteiger partial charge in [0.05, 0.1) is 0 Å². The Morgan fingerprint density at radius 2 is 1.79 bits per heavy atom. The van der Waals surface area contributed by atoms with Crippen molar-refractivity contribution in [1.29, 1.82) is 0 Å². The smallest absolute Gasteiger partial charge is 0.225 e. The largest absolute Gasteiger partial charge is 0.352 e. The van der Waals surface area contributed by atoms with Crippen LogP contribution in [-0.4, -0.2) is 35.8 Å². The van der Waals surface area contributed by atoms with E-state index in [4.69, 9.17) is 0 Å². The minimum Gasteiger partial charge on any atom is -0.352 e. The highest BCUT2D eigenvalue weighted by atomic mass is 16.2. The van der Waals surface area contributed by atoms with E-state index >= 15 is 0 Å². The molecule has 0 radical (unpaired) electrons. The lowest BCUT2D eigenvalue weighted by atomic mass is 9.46. The summed E-state index contributed by atoms with van der Waals surface area (Å²) in [6.45, 7) is 13.4. The molecule has 8 atom stereocenters. The van der Waals surface area contributed by atoms with Gasteiger partial charge in [0, 0.05) is 31.0 Å². The van der Waals surface area contributed by atoms with Gasteiger partial charge in [0.1, 0.15) is 0 Å². The zero-order chi connectivity index (χ0) is 21.4. The van der Waals surface area contributed by atoms with E-state index < -0.39 is 0 Å². The second-order valence-electron chi connectivity index (χ2n) is 12.4. The molecule has 0 aromatic rings. The molecule has 1 heterocycles. The number of fused-ring (bicyclic) bond motifs is 5. The minimum absolute atomic E-state index is 0.196. The second-order valence-corrected chi connectivity index (χ2v) is 12.4. The van der Waals surface area contributed by atoms with Crippen molar-refractivity contribution in [3.63, 3.8) is 0 Å². The molecule has 0 aromatic heterocycles. The van der Waals surface area contributed by atoms with Crippen LogP contribution in [0.25, 0.3) is 0 Å². The summed E-state index contributed by atoms with van der Waals surface area (Å²) < 4.78 is 0. The van der Waals surface area contributed by atoms with Crippen molar-refractivity contribution in [3.05, 3.63) is 0 Å². The van der Waals surface area contributed by atoms with Crippen molar-refractivity contribution < 1.29 is 9.59 Å². The fraction of sp³-hybridized carbons (Fsp3) is 0.920. The van der Waals surface area contributed by atoms with Crippen molar-refractivity contribution in [2.75, 3.05) is 7.05 Å². The SMILES string of the molecule is C[C@@H]1C[C@H](NC(=O)C(C)(C)C)[C@@]2(C)CC[C@H]3[C@@H](CC[C@H]4N(C)C(=O)CC[C@]34C)[C@H]12. The summed E-state index contributed by atoms with van der Waals surface area (Å²) in [5.74, 6) is 3.33. The van der Waals surface area contributed by atoms with E-state index in [0.29, 0.717) is 36.2 Å². The van der Waals surface area contributed by atoms with Crippen molar-refractivity contribution in [2.24, 2.45) is 39.9 Å². The first kappa shape index (κ1) is 21.2. The highest BCUT2D eigenvalue weighted by Gasteiger charge is 2.63. The maximum atomic E-state index is 12.8. The van der Waals surface area contributed by atoms with Gasteiger partial charge in [-0.2, -0.15) is 0 Å². The molecule has 4 nitrogen and oxygen atoms in total. The first-order valence-electron chi connectivity index (χ1n) is 12.0. The molecule has 1 aliphatic heterocycles. The molecule has 164 valence electrons. The molecule has 0 unspecified atom stereocenters. The van der Waals surface area contributed by atoms with Crippen LogP contribution in [0.15, 0.2) is 0 Å². The summed E-state index contributed by atoms with van der Waals surface area (Å²) in [6.07, 6.45) is 7.74. The van der Waals surface area contributed by atoms with E-state index in [1.54, 1.807) is 0 Å². The minimum atomic E-state index is -0.334. The number of hydrogen-bond donors (Lipinski definition) is 1. The zero-order valence-corrected chi connectivity index (χ0v) is 19.7. The third kappa shape index (κ3) is 3.07. The number of carbonyl (C=O) groups is 2. The highest BCUT2D eigenvalue weighted by Crippen LogP contribution is 2.66. The molecule has 4 fully saturated rings. The topological polar surface area (TPSA) is 49.4 Å². The Kier molecular flexibility index (Phi) is 4.91. The molecule has 4 rings (SSSR count). The Hall–Kier alpha value is -1.06. The standard InChI is InChI=1S/C25H42N2O2/c1-15-14-18(26-22(29)23(2,3)4)25(6)12-10-17-16(21(15)25)8-9-19-24(17,5)13-11-20(28)27(19)7/h15-19,21H,8-14H2,1-7H3,(H,26,29)/t15-,16-,17+,18+,19-,21+,24-,25-/m1/s1.